The summed E-state index contributed by atoms with van der Waals surface area (Å²) in [6, 6.07) is 0. The number of nitrogens with one attached hydrogen (secondary N) is 1. The van der Waals surface area contributed by atoms with Gasteiger partial charge in [0.1, 0.15) is 0 Å². The highest BCUT2D eigenvalue weighted by Gasteiger charge is 2.03. The van der Waals surface area contributed by atoms with E-state index in [9.17, 15) is 0 Å². The summed E-state index contributed by atoms with van der Waals surface area (Å²) in [4.78, 5) is 6.56. The smallest absolute Gasteiger partial charge is 0.185 e. The molecule has 0 radical (unpaired) electrons. The van der Waals surface area contributed by atoms with E-state index in [-0.39, 0.29) is 0 Å². The van der Waals surface area contributed by atoms with Crippen LogP contribution >= 0.6 is 11.3 Å². The molecular weight excluding hydrogens is 206 g/mol. The minimum Gasteiger partial charge on any atom is -0.354 e. The lowest BCUT2D eigenvalue weighted by molar-refractivity contribution is 0.498. The average molecular weight is 227 g/mol. The Hall–Kier alpha value is -0.610. The van der Waals surface area contributed by atoms with Crippen LogP contribution in [0.2, 0.25) is 0 Å². The molecule has 1 aromatic rings. The first-order chi connectivity index (χ1) is 7.13. The Balaban J connectivity index is 2.31. The van der Waals surface area contributed by atoms with Crippen LogP contribution in [-0.2, 0) is 6.54 Å². The molecule has 1 heterocycles. The van der Waals surface area contributed by atoms with Gasteiger partial charge in [0.15, 0.2) is 5.13 Å². The van der Waals surface area contributed by atoms with E-state index in [4.69, 9.17) is 0 Å². The molecule has 4 heteroatoms. The third-order valence-electron chi connectivity index (χ3n) is 2.42. The molecule has 0 aliphatic rings. The maximum atomic E-state index is 4.51. The highest BCUT2D eigenvalue weighted by atomic mass is 32.1. The van der Waals surface area contributed by atoms with Crippen molar-refractivity contribution in [2.75, 3.05) is 25.5 Å². The maximum Gasteiger partial charge on any atom is 0.185 e. The van der Waals surface area contributed by atoms with Crippen LogP contribution in [-0.4, -0.2) is 25.6 Å². The molecule has 1 unspecified atom stereocenters. The van der Waals surface area contributed by atoms with Crippen molar-refractivity contribution in [3.05, 3.63) is 11.1 Å². The zero-order valence-corrected chi connectivity index (χ0v) is 10.9. The second-order valence-corrected chi connectivity index (χ2v) is 5.00. The van der Waals surface area contributed by atoms with E-state index in [1.54, 1.807) is 11.3 Å². The van der Waals surface area contributed by atoms with Crippen molar-refractivity contribution < 1.29 is 0 Å². The van der Waals surface area contributed by atoms with Gasteiger partial charge in [-0.15, -0.1) is 11.3 Å². The van der Waals surface area contributed by atoms with Crippen molar-refractivity contribution in [1.29, 1.82) is 0 Å². The van der Waals surface area contributed by atoms with Crippen LogP contribution in [0.3, 0.4) is 0 Å². The van der Waals surface area contributed by atoms with Crippen LogP contribution in [0.25, 0.3) is 0 Å². The van der Waals surface area contributed by atoms with Crippen LogP contribution in [0.4, 0.5) is 5.13 Å². The monoisotopic (exact) mass is 227 g/mol. The van der Waals surface area contributed by atoms with E-state index in [1.165, 1.54) is 6.42 Å². The van der Waals surface area contributed by atoms with E-state index in [0.717, 1.165) is 29.8 Å². The summed E-state index contributed by atoms with van der Waals surface area (Å²) in [5, 5.41) is 6.63. The number of anilines is 1. The molecule has 3 nitrogen and oxygen atoms in total. The first-order valence-corrected chi connectivity index (χ1v) is 6.34. The van der Waals surface area contributed by atoms with Crippen molar-refractivity contribution in [3.8, 4) is 0 Å². The minimum absolute atomic E-state index is 0.747. The van der Waals surface area contributed by atoms with Crippen LogP contribution < -0.4 is 10.2 Å². The molecule has 86 valence electrons. The van der Waals surface area contributed by atoms with E-state index in [1.807, 2.05) is 19.0 Å². The molecule has 1 atom stereocenters. The van der Waals surface area contributed by atoms with E-state index < -0.39 is 0 Å². The second kappa shape index (κ2) is 6.08. The first-order valence-electron chi connectivity index (χ1n) is 5.46. The molecule has 0 fully saturated rings. The lowest BCUT2D eigenvalue weighted by Gasteiger charge is -2.08. The van der Waals surface area contributed by atoms with Gasteiger partial charge in [0.2, 0.25) is 0 Å². The summed E-state index contributed by atoms with van der Waals surface area (Å²) in [5.41, 5.74) is 1.15. The Kier molecular flexibility index (Phi) is 5.05. The van der Waals surface area contributed by atoms with Gasteiger partial charge >= 0.3 is 0 Å². The van der Waals surface area contributed by atoms with Crippen molar-refractivity contribution in [2.24, 2.45) is 5.92 Å². The Labute approximate surface area is 96.5 Å². The highest BCUT2D eigenvalue weighted by molar-refractivity contribution is 7.13. The Bertz CT molecular complexity index is 283. The topological polar surface area (TPSA) is 28.2 Å². The molecule has 0 saturated heterocycles. The van der Waals surface area contributed by atoms with Crippen LogP contribution in [0, 0.1) is 5.92 Å². The fourth-order valence-corrected chi connectivity index (χ4v) is 1.93. The molecule has 1 rings (SSSR count). The largest absolute Gasteiger partial charge is 0.354 e. The quantitative estimate of drug-likeness (QED) is 0.808. The van der Waals surface area contributed by atoms with Crippen LogP contribution in [0.5, 0.6) is 0 Å². The van der Waals surface area contributed by atoms with Gasteiger partial charge in [0.05, 0.1) is 5.69 Å². The molecule has 0 spiro atoms. The summed E-state index contributed by atoms with van der Waals surface area (Å²) in [7, 11) is 4.05. The third-order valence-corrected chi connectivity index (χ3v) is 3.48. The van der Waals surface area contributed by atoms with Crippen LogP contribution in [0.1, 0.15) is 26.0 Å². The molecule has 0 aromatic carbocycles. The molecule has 1 N–H and O–H groups in total. The number of hydrogen-bond acceptors (Lipinski definition) is 4. The van der Waals surface area contributed by atoms with Crippen molar-refractivity contribution in [1.82, 2.24) is 10.3 Å². The first kappa shape index (κ1) is 12.5. The average Bonchev–Trinajstić information content (AvgIpc) is 2.66. The van der Waals surface area contributed by atoms with Gasteiger partial charge in [-0.2, -0.15) is 0 Å². The van der Waals surface area contributed by atoms with Crippen LogP contribution in [0.15, 0.2) is 5.38 Å². The zero-order chi connectivity index (χ0) is 11.3. The summed E-state index contributed by atoms with van der Waals surface area (Å²) in [6.45, 7) is 6.44. The lowest BCUT2D eigenvalue weighted by Crippen LogP contribution is -2.20. The molecular formula is C11H21N3S. The summed E-state index contributed by atoms with van der Waals surface area (Å²) in [6.07, 6.45) is 1.23. The maximum absolute atomic E-state index is 4.51. The van der Waals surface area contributed by atoms with Crippen molar-refractivity contribution in [2.45, 2.75) is 26.8 Å². The number of hydrogen-bond donors (Lipinski definition) is 1. The normalized spacial score (nSPS) is 12.8. The zero-order valence-electron chi connectivity index (χ0n) is 10.1. The second-order valence-electron chi connectivity index (χ2n) is 4.16. The molecule has 0 aliphatic heterocycles. The molecule has 1 aromatic heterocycles. The molecule has 0 aliphatic carbocycles. The number of nitrogens with zero attached hydrogens (tertiary/aromatic N) is 2. The fraction of sp³-hybridized carbons (Fsp3) is 0.727. The highest BCUT2D eigenvalue weighted by Crippen LogP contribution is 2.17. The predicted octanol–water partition coefficient (Wildman–Crippen LogP) is 2.34. The lowest BCUT2D eigenvalue weighted by atomic mass is 10.1. The summed E-state index contributed by atoms with van der Waals surface area (Å²) >= 11 is 1.70. The van der Waals surface area contributed by atoms with Gasteiger partial charge in [0, 0.05) is 26.0 Å². The SMILES string of the molecule is CCC(C)CNCc1csc(N(C)C)n1. The minimum atomic E-state index is 0.747. The number of thiazole rings is 1. The Morgan fingerprint density at radius 3 is 2.80 bits per heavy atom. The fourth-order valence-electron chi connectivity index (χ4n) is 1.17. The standard InChI is InChI=1S/C11H21N3S/c1-5-9(2)6-12-7-10-8-15-11(13-10)14(3)4/h8-9,12H,5-7H2,1-4H3. The van der Waals surface area contributed by atoms with Gasteiger partial charge in [0.25, 0.3) is 0 Å². The Morgan fingerprint density at radius 2 is 2.27 bits per heavy atom. The third kappa shape index (κ3) is 4.18. The van der Waals surface area contributed by atoms with E-state index in [0.29, 0.717) is 0 Å². The summed E-state index contributed by atoms with van der Waals surface area (Å²) < 4.78 is 0. The molecule has 0 bridgehead atoms. The van der Waals surface area contributed by atoms with E-state index >= 15 is 0 Å². The van der Waals surface area contributed by atoms with Gasteiger partial charge < -0.3 is 10.2 Å². The van der Waals surface area contributed by atoms with Gasteiger partial charge in [-0.25, -0.2) is 4.98 Å². The van der Waals surface area contributed by atoms with Crippen molar-refractivity contribution >= 4 is 16.5 Å². The van der Waals surface area contributed by atoms with Gasteiger partial charge in [-0.05, 0) is 12.5 Å². The molecule has 0 amide bonds. The number of rotatable bonds is 6. The molecule has 0 saturated carbocycles. The number of aromatic nitrogens is 1. The van der Waals surface area contributed by atoms with E-state index in [2.05, 4.69) is 29.5 Å². The summed E-state index contributed by atoms with van der Waals surface area (Å²) in [5.74, 6) is 0.747. The van der Waals surface area contributed by atoms with Crippen molar-refractivity contribution in [3.63, 3.8) is 0 Å². The molecule has 15 heavy (non-hydrogen) atoms. The Morgan fingerprint density at radius 1 is 1.53 bits per heavy atom. The van der Waals surface area contributed by atoms with Gasteiger partial charge in [-0.1, -0.05) is 20.3 Å². The predicted molar refractivity (Wildman–Crippen MR) is 67.6 cm³/mol. The van der Waals surface area contributed by atoms with Gasteiger partial charge in [-0.3, -0.25) is 0 Å².